The minimum Gasteiger partial charge on any atom is -0.380 e. The van der Waals surface area contributed by atoms with Gasteiger partial charge in [0.15, 0.2) is 5.82 Å². The van der Waals surface area contributed by atoms with E-state index in [2.05, 4.69) is 21.8 Å². The summed E-state index contributed by atoms with van der Waals surface area (Å²) in [7, 11) is 0. The molecule has 1 rings (SSSR count). The van der Waals surface area contributed by atoms with Crippen molar-refractivity contribution >= 4 is 17.4 Å². The zero-order valence-electron chi connectivity index (χ0n) is 11.9. The van der Waals surface area contributed by atoms with Crippen LogP contribution in [0.15, 0.2) is 6.07 Å². The fourth-order valence-electron chi connectivity index (χ4n) is 1.63. The van der Waals surface area contributed by atoms with Crippen molar-refractivity contribution in [1.29, 1.82) is 0 Å². The van der Waals surface area contributed by atoms with Crippen LogP contribution in [0.2, 0.25) is 5.15 Å². The van der Waals surface area contributed by atoms with Gasteiger partial charge >= 0.3 is 0 Å². The van der Waals surface area contributed by atoms with Crippen LogP contribution < -0.4 is 4.90 Å². The monoisotopic (exact) mass is 287 g/mol. The number of hydrogen-bond donors (Lipinski definition) is 0. The lowest BCUT2D eigenvalue weighted by Crippen LogP contribution is -2.28. The molecule has 5 nitrogen and oxygen atoms in total. The number of aromatic nitrogens is 2. The minimum atomic E-state index is 0.382. The summed E-state index contributed by atoms with van der Waals surface area (Å²) >= 11 is 6.03. The quantitative estimate of drug-likeness (QED) is 0.516. The van der Waals surface area contributed by atoms with E-state index in [1.54, 1.807) is 6.07 Å². The summed E-state index contributed by atoms with van der Waals surface area (Å²) in [6, 6.07) is 1.77. The van der Waals surface area contributed by atoms with Crippen molar-refractivity contribution in [2.24, 2.45) is 0 Å². The fraction of sp³-hybridized carbons (Fsp3) is 0.692. The molecule has 0 N–H and O–H groups in total. The molecule has 0 spiro atoms. The zero-order valence-corrected chi connectivity index (χ0v) is 12.6. The molecule has 0 bridgehead atoms. The molecule has 0 aliphatic heterocycles. The zero-order chi connectivity index (χ0) is 14.1. The van der Waals surface area contributed by atoms with Crippen LogP contribution in [-0.2, 0) is 16.1 Å². The lowest BCUT2D eigenvalue weighted by Gasteiger charge is -2.22. The highest BCUT2D eigenvalue weighted by atomic mass is 35.5. The number of ether oxygens (including phenoxy) is 2. The van der Waals surface area contributed by atoms with Crippen molar-refractivity contribution in [3.63, 3.8) is 0 Å². The summed E-state index contributed by atoms with van der Waals surface area (Å²) < 4.78 is 10.7. The summed E-state index contributed by atoms with van der Waals surface area (Å²) in [4.78, 5) is 10.7. The minimum absolute atomic E-state index is 0.382. The van der Waals surface area contributed by atoms with E-state index in [-0.39, 0.29) is 0 Å². The van der Waals surface area contributed by atoms with Gasteiger partial charge < -0.3 is 14.4 Å². The topological polar surface area (TPSA) is 47.5 Å². The lowest BCUT2D eigenvalue weighted by atomic mass is 10.4. The Morgan fingerprint density at radius 1 is 1.16 bits per heavy atom. The largest absolute Gasteiger partial charge is 0.380 e. The van der Waals surface area contributed by atoms with Gasteiger partial charge in [-0.25, -0.2) is 9.97 Å². The first-order valence-electron chi connectivity index (χ1n) is 6.65. The average molecular weight is 288 g/mol. The maximum absolute atomic E-state index is 6.03. The molecule has 0 fully saturated rings. The number of rotatable bonds is 9. The Morgan fingerprint density at radius 2 is 1.89 bits per heavy atom. The summed E-state index contributed by atoms with van der Waals surface area (Å²) in [6.07, 6.45) is 0. The molecule has 0 atom stereocenters. The van der Waals surface area contributed by atoms with Crippen LogP contribution in [-0.4, -0.2) is 42.9 Å². The lowest BCUT2D eigenvalue weighted by molar-refractivity contribution is 0.128. The number of hydrogen-bond acceptors (Lipinski definition) is 5. The van der Waals surface area contributed by atoms with Gasteiger partial charge in [0.2, 0.25) is 0 Å². The molecule has 0 unspecified atom stereocenters. The Morgan fingerprint density at radius 3 is 2.53 bits per heavy atom. The van der Waals surface area contributed by atoms with E-state index in [0.717, 1.165) is 25.5 Å². The van der Waals surface area contributed by atoms with Gasteiger partial charge in [-0.15, -0.1) is 0 Å². The highest BCUT2D eigenvalue weighted by Gasteiger charge is 2.09. The molecule has 0 aliphatic carbocycles. The van der Waals surface area contributed by atoms with Gasteiger partial charge in [0.1, 0.15) is 17.6 Å². The Kier molecular flexibility index (Phi) is 7.70. The molecule has 19 heavy (non-hydrogen) atoms. The van der Waals surface area contributed by atoms with Crippen LogP contribution in [0, 0.1) is 0 Å². The van der Waals surface area contributed by atoms with E-state index in [4.69, 9.17) is 21.1 Å². The van der Waals surface area contributed by atoms with Gasteiger partial charge in [0.25, 0.3) is 0 Å². The van der Waals surface area contributed by atoms with Crippen LogP contribution in [0.25, 0.3) is 0 Å². The van der Waals surface area contributed by atoms with Crippen molar-refractivity contribution in [2.75, 3.05) is 37.8 Å². The first kappa shape index (κ1) is 16.1. The number of nitrogens with zero attached hydrogens (tertiary/aromatic N) is 3. The van der Waals surface area contributed by atoms with Crippen molar-refractivity contribution in [1.82, 2.24) is 9.97 Å². The van der Waals surface area contributed by atoms with Gasteiger partial charge in [0.05, 0.1) is 6.61 Å². The summed E-state index contributed by atoms with van der Waals surface area (Å²) in [5.74, 6) is 1.43. The van der Waals surface area contributed by atoms with E-state index in [1.807, 2.05) is 13.8 Å². The maximum atomic E-state index is 6.03. The van der Waals surface area contributed by atoms with Crippen LogP contribution in [0.4, 0.5) is 5.82 Å². The van der Waals surface area contributed by atoms with Crippen molar-refractivity contribution in [3.8, 4) is 0 Å². The van der Waals surface area contributed by atoms with Gasteiger partial charge in [0, 0.05) is 32.4 Å². The third-order valence-corrected chi connectivity index (χ3v) is 2.77. The van der Waals surface area contributed by atoms with E-state index >= 15 is 0 Å². The summed E-state index contributed by atoms with van der Waals surface area (Å²) in [5, 5.41) is 0.439. The normalized spacial score (nSPS) is 10.7. The van der Waals surface area contributed by atoms with E-state index in [9.17, 15) is 0 Å². The van der Waals surface area contributed by atoms with Crippen LogP contribution >= 0.6 is 11.6 Å². The van der Waals surface area contributed by atoms with Gasteiger partial charge in [-0.05, 0) is 20.8 Å². The molecular weight excluding hydrogens is 266 g/mol. The van der Waals surface area contributed by atoms with Crippen molar-refractivity contribution < 1.29 is 9.47 Å². The number of anilines is 1. The standard InChI is InChI=1S/C13H22ClN3O2/c1-4-17(7-8-18-5-2)13-9-11(14)15-12(16-13)10-19-6-3/h9H,4-8,10H2,1-3H3. The molecule has 0 radical (unpaired) electrons. The van der Waals surface area contributed by atoms with Gasteiger partial charge in [-0.3, -0.25) is 0 Å². The van der Waals surface area contributed by atoms with E-state index in [1.165, 1.54) is 0 Å². The smallest absolute Gasteiger partial charge is 0.158 e. The molecule has 1 heterocycles. The Balaban J connectivity index is 2.75. The third kappa shape index (κ3) is 5.72. The third-order valence-electron chi connectivity index (χ3n) is 2.58. The second-order valence-corrected chi connectivity index (χ2v) is 4.27. The maximum Gasteiger partial charge on any atom is 0.158 e. The SMILES string of the molecule is CCOCCN(CC)c1cc(Cl)nc(COCC)n1. The molecule has 0 aliphatic rings. The second-order valence-electron chi connectivity index (χ2n) is 3.88. The van der Waals surface area contributed by atoms with Crippen LogP contribution in [0.3, 0.4) is 0 Å². The number of halogens is 1. The molecule has 108 valence electrons. The first-order valence-corrected chi connectivity index (χ1v) is 7.02. The molecule has 0 saturated heterocycles. The second kappa shape index (κ2) is 9.07. The predicted molar refractivity (Wildman–Crippen MR) is 76.8 cm³/mol. The molecule has 1 aromatic rings. The Labute approximate surface area is 119 Å². The molecule has 0 amide bonds. The Hall–Kier alpha value is -0.910. The van der Waals surface area contributed by atoms with Gasteiger partial charge in [-0.1, -0.05) is 11.6 Å². The highest BCUT2D eigenvalue weighted by molar-refractivity contribution is 6.29. The molecule has 0 aromatic carbocycles. The van der Waals surface area contributed by atoms with Crippen molar-refractivity contribution in [2.45, 2.75) is 27.4 Å². The van der Waals surface area contributed by atoms with Crippen LogP contribution in [0.1, 0.15) is 26.6 Å². The summed E-state index contributed by atoms with van der Waals surface area (Å²) in [5.41, 5.74) is 0. The molecule has 0 saturated carbocycles. The molecular formula is C13H22ClN3O2. The number of likely N-dealkylation sites (N-methyl/N-ethyl adjacent to an activating group) is 1. The van der Waals surface area contributed by atoms with E-state index in [0.29, 0.717) is 30.8 Å². The fourth-order valence-corrected chi connectivity index (χ4v) is 1.82. The Bertz CT molecular complexity index is 377. The van der Waals surface area contributed by atoms with Crippen LogP contribution in [0.5, 0.6) is 0 Å². The van der Waals surface area contributed by atoms with E-state index < -0.39 is 0 Å². The predicted octanol–water partition coefficient (Wildman–Crippen LogP) is 2.53. The summed E-state index contributed by atoms with van der Waals surface area (Å²) in [6.45, 7) is 10.0. The molecule has 1 aromatic heterocycles. The molecule has 6 heteroatoms. The van der Waals surface area contributed by atoms with Crippen molar-refractivity contribution in [3.05, 3.63) is 17.0 Å². The average Bonchev–Trinajstić information content (AvgIpc) is 2.41. The highest BCUT2D eigenvalue weighted by Crippen LogP contribution is 2.16. The van der Waals surface area contributed by atoms with Gasteiger partial charge in [-0.2, -0.15) is 0 Å². The first-order chi connectivity index (χ1) is 9.21.